The van der Waals surface area contributed by atoms with Crippen molar-refractivity contribution in [2.24, 2.45) is 17.3 Å². The lowest BCUT2D eigenvalue weighted by molar-refractivity contribution is 0.148. The van der Waals surface area contributed by atoms with Crippen LogP contribution in [0.15, 0.2) is 17.5 Å². The molecule has 0 saturated heterocycles. The van der Waals surface area contributed by atoms with Crippen LogP contribution < -0.4 is 5.32 Å². The van der Waals surface area contributed by atoms with Crippen LogP contribution in [-0.4, -0.2) is 6.54 Å². The molecule has 2 heteroatoms. The van der Waals surface area contributed by atoms with Crippen molar-refractivity contribution in [3.63, 3.8) is 0 Å². The molecule has 1 aromatic rings. The quantitative estimate of drug-likeness (QED) is 0.793. The molecule has 0 aliphatic heterocycles. The van der Waals surface area contributed by atoms with Gasteiger partial charge >= 0.3 is 0 Å². The Morgan fingerprint density at radius 3 is 2.47 bits per heavy atom. The van der Waals surface area contributed by atoms with Gasteiger partial charge in [0.2, 0.25) is 0 Å². The van der Waals surface area contributed by atoms with Crippen LogP contribution in [0.2, 0.25) is 0 Å². The summed E-state index contributed by atoms with van der Waals surface area (Å²) < 4.78 is 0. The van der Waals surface area contributed by atoms with Crippen molar-refractivity contribution < 1.29 is 0 Å². The molecule has 0 aromatic carbocycles. The second kappa shape index (κ2) is 6.41. The lowest BCUT2D eigenvalue weighted by Gasteiger charge is -2.37. The van der Waals surface area contributed by atoms with Gasteiger partial charge in [-0.15, -0.1) is 11.3 Å². The molecule has 0 radical (unpaired) electrons. The van der Waals surface area contributed by atoms with E-state index in [9.17, 15) is 0 Å². The molecule has 1 N–H and O–H groups in total. The highest BCUT2D eigenvalue weighted by atomic mass is 32.1. The van der Waals surface area contributed by atoms with Gasteiger partial charge in [0.1, 0.15) is 0 Å². The Morgan fingerprint density at radius 1 is 1.26 bits per heavy atom. The predicted octanol–water partition coefficient (Wildman–Crippen LogP) is 5.25. The average molecular weight is 279 g/mol. The van der Waals surface area contributed by atoms with E-state index < -0.39 is 0 Å². The van der Waals surface area contributed by atoms with Crippen LogP contribution in [-0.2, 0) is 0 Å². The minimum Gasteiger partial charge on any atom is -0.309 e. The van der Waals surface area contributed by atoms with Crippen LogP contribution in [0.25, 0.3) is 0 Å². The molecule has 108 valence electrons. The van der Waals surface area contributed by atoms with Crippen LogP contribution >= 0.6 is 11.3 Å². The fourth-order valence-electron chi connectivity index (χ4n) is 3.21. The van der Waals surface area contributed by atoms with Gasteiger partial charge in [-0.2, -0.15) is 0 Å². The molecule has 0 spiro atoms. The van der Waals surface area contributed by atoms with Gasteiger partial charge in [-0.05, 0) is 67.8 Å². The number of hydrogen-bond donors (Lipinski definition) is 1. The summed E-state index contributed by atoms with van der Waals surface area (Å²) in [5.74, 6) is 1.82. The van der Waals surface area contributed by atoms with Gasteiger partial charge in [0.25, 0.3) is 0 Å². The second-order valence-corrected chi connectivity index (χ2v) is 8.21. The van der Waals surface area contributed by atoms with E-state index in [0.29, 0.717) is 11.5 Å². The van der Waals surface area contributed by atoms with Crippen LogP contribution in [0.5, 0.6) is 0 Å². The molecule has 0 bridgehead atoms. The number of thiophene rings is 1. The molecule has 1 aliphatic rings. The van der Waals surface area contributed by atoms with Crippen molar-refractivity contribution in [1.29, 1.82) is 0 Å². The smallest absolute Gasteiger partial charge is 0.0386 e. The predicted molar refractivity (Wildman–Crippen MR) is 85.6 cm³/mol. The Balaban J connectivity index is 1.71. The first kappa shape index (κ1) is 15.1. The number of hydrogen-bond acceptors (Lipinski definition) is 2. The van der Waals surface area contributed by atoms with Gasteiger partial charge in [0.15, 0.2) is 0 Å². The molecule has 1 aromatic heterocycles. The van der Waals surface area contributed by atoms with Crippen LogP contribution in [0.3, 0.4) is 0 Å². The second-order valence-electron chi connectivity index (χ2n) is 7.23. The Hall–Kier alpha value is -0.340. The van der Waals surface area contributed by atoms with Gasteiger partial charge < -0.3 is 5.32 Å². The van der Waals surface area contributed by atoms with Crippen molar-refractivity contribution in [1.82, 2.24) is 5.32 Å². The highest BCUT2D eigenvalue weighted by Crippen LogP contribution is 2.39. The van der Waals surface area contributed by atoms with Crippen molar-refractivity contribution in [3.05, 3.63) is 22.4 Å². The van der Waals surface area contributed by atoms with E-state index >= 15 is 0 Å². The summed E-state index contributed by atoms with van der Waals surface area (Å²) in [6, 6.07) is 4.89. The molecule has 0 unspecified atom stereocenters. The third-order valence-corrected chi connectivity index (χ3v) is 5.81. The van der Waals surface area contributed by atoms with Crippen molar-refractivity contribution >= 4 is 11.3 Å². The van der Waals surface area contributed by atoms with Gasteiger partial charge in [-0.3, -0.25) is 0 Å². The number of nitrogens with one attached hydrogen (secondary N) is 1. The van der Waals surface area contributed by atoms with E-state index in [1.165, 1.54) is 37.1 Å². The summed E-state index contributed by atoms with van der Waals surface area (Å²) in [5.41, 5.74) is 0.503. The monoisotopic (exact) mass is 279 g/mol. The highest BCUT2D eigenvalue weighted by molar-refractivity contribution is 7.10. The topological polar surface area (TPSA) is 12.0 Å². The zero-order chi connectivity index (χ0) is 13.9. The van der Waals surface area contributed by atoms with Crippen LogP contribution in [0, 0.1) is 17.3 Å². The minimum atomic E-state index is 0.503. The lowest BCUT2D eigenvalue weighted by atomic mass is 9.70. The molecule has 1 fully saturated rings. The van der Waals surface area contributed by atoms with E-state index in [1.807, 2.05) is 11.3 Å². The molecule has 1 heterocycles. The minimum absolute atomic E-state index is 0.503. The van der Waals surface area contributed by atoms with Gasteiger partial charge in [-0.1, -0.05) is 26.8 Å². The fourth-order valence-corrected chi connectivity index (χ4v) is 3.97. The van der Waals surface area contributed by atoms with E-state index in [1.54, 1.807) is 0 Å². The molecular weight excluding hydrogens is 250 g/mol. The number of rotatable bonds is 4. The van der Waals surface area contributed by atoms with E-state index in [2.05, 4.69) is 50.5 Å². The van der Waals surface area contributed by atoms with E-state index in [0.717, 1.165) is 11.8 Å². The maximum Gasteiger partial charge on any atom is 0.0386 e. The highest BCUT2D eigenvalue weighted by Gasteiger charge is 2.29. The van der Waals surface area contributed by atoms with Crippen molar-refractivity contribution in [3.8, 4) is 0 Å². The Morgan fingerprint density at radius 2 is 1.95 bits per heavy atom. The Bertz CT molecular complexity index is 355. The summed E-state index contributed by atoms with van der Waals surface area (Å²) in [7, 11) is 0. The first-order valence-electron chi connectivity index (χ1n) is 7.73. The standard InChI is InChI=1S/C17H29NS/c1-13(16-6-5-11-19-16)18-12-14-7-9-15(10-8-14)17(2,3)4/h5-6,11,13-15,18H,7-10,12H2,1-4H3/t13-,14?,15?/m0/s1. The first-order chi connectivity index (χ1) is 8.97. The molecule has 1 nitrogen and oxygen atoms in total. The van der Waals surface area contributed by atoms with Crippen LogP contribution in [0.1, 0.15) is 64.3 Å². The van der Waals surface area contributed by atoms with Gasteiger partial charge in [0.05, 0.1) is 0 Å². The summed E-state index contributed by atoms with van der Waals surface area (Å²) in [6.07, 6.45) is 5.66. The average Bonchev–Trinajstić information content (AvgIpc) is 2.89. The summed E-state index contributed by atoms with van der Waals surface area (Å²) in [5, 5.41) is 5.89. The Kier molecular flexibility index (Phi) is 5.08. The lowest BCUT2D eigenvalue weighted by Crippen LogP contribution is -2.31. The molecule has 19 heavy (non-hydrogen) atoms. The third-order valence-electron chi connectivity index (χ3n) is 4.75. The fraction of sp³-hybridized carbons (Fsp3) is 0.765. The maximum absolute atomic E-state index is 3.72. The molecule has 2 rings (SSSR count). The molecule has 0 amide bonds. The van der Waals surface area contributed by atoms with E-state index in [-0.39, 0.29) is 0 Å². The van der Waals surface area contributed by atoms with Crippen LogP contribution in [0.4, 0.5) is 0 Å². The molecular formula is C17H29NS. The van der Waals surface area contributed by atoms with Gasteiger partial charge in [0, 0.05) is 10.9 Å². The Labute approximate surface area is 122 Å². The largest absolute Gasteiger partial charge is 0.309 e. The third kappa shape index (κ3) is 4.32. The first-order valence-corrected chi connectivity index (χ1v) is 8.61. The molecule has 1 saturated carbocycles. The zero-order valence-corrected chi connectivity index (χ0v) is 13.7. The summed E-state index contributed by atoms with van der Waals surface area (Å²) in [4.78, 5) is 1.46. The summed E-state index contributed by atoms with van der Waals surface area (Å²) in [6.45, 7) is 10.7. The van der Waals surface area contributed by atoms with Crippen molar-refractivity contribution in [2.75, 3.05) is 6.54 Å². The van der Waals surface area contributed by atoms with Crippen molar-refractivity contribution in [2.45, 2.75) is 59.4 Å². The summed E-state index contributed by atoms with van der Waals surface area (Å²) >= 11 is 1.86. The zero-order valence-electron chi connectivity index (χ0n) is 12.9. The van der Waals surface area contributed by atoms with E-state index in [4.69, 9.17) is 0 Å². The maximum atomic E-state index is 3.72. The SMILES string of the molecule is C[C@H](NCC1CCC(C(C)(C)C)CC1)c1cccs1. The molecule has 1 atom stereocenters. The van der Waals surface area contributed by atoms with Gasteiger partial charge in [-0.25, -0.2) is 0 Å². The normalized spacial score (nSPS) is 26.3. The molecule has 1 aliphatic carbocycles.